The first-order chi connectivity index (χ1) is 12.0. The zero-order valence-electron chi connectivity index (χ0n) is 16.1. The molecule has 0 saturated heterocycles. The molecule has 0 aromatic carbocycles. The Labute approximate surface area is 150 Å². The summed E-state index contributed by atoms with van der Waals surface area (Å²) in [6.45, 7) is 8.44. The summed E-state index contributed by atoms with van der Waals surface area (Å²) in [5.41, 5.74) is 0. The van der Waals surface area contributed by atoms with Crippen LogP contribution in [-0.4, -0.2) is 45.3 Å². The predicted molar refractivity (Wildman–Crippen MR) is 95.9 cm³/mol. The minimum atomic E-state index is 0.0241. The van der Waals surface area contributed by atoms with Crippen molar-refractivity contribution in [3.8, 4) is 0 Å². The molecule has 1 aliphatic carbocycles. The van der Waals surface area contributed by atoms with Crippen LogP contribution in [0, 0.1) is 17.8 Å². The first-order valence-electron chi connectivity index (χ1n) is 9.72. The van der Waals surface area contributed by atoms with Crippen LogP contribution in [0.1, 0.15) is 58.1 Å². The SMILES string of the molecule is CC(C)[C@H]1CC[C@@H](C)C[C@@H]1OCC(=O)N(C)Cc1nnc2n1CCC2. The molecule has 0 unspecified atom stereocenters. The van der Waals surface area contributed by atoms with Gasteiger partial charge < -0.3 is 14.2 Å². The molecule has 1 aromatic rings. The largest absolute Gasteiger partial charge is 0.368 e. The lowest BCUT2D eigenvalue weighted by atomic mass is 9.75. The molecule has 140 valence electrons. The fraction of sp³-hybridized carbons (Fsp3) is 0.842. The third-order valence-electron chi connectivity index (χ3n) is 5.87. The number of hydrogen-bond acceptors (Lipinski definition) is 4. The Morgan fingerprint density at radius 1 is 1.36 bits per heavy atom. The topological polar surface area (TPSA) is 60.2 Å². The van der Waals surface area contributed by atoms with Crippen molar-refractivity contribution in [1.82, 2.24) is 19.7 Å². The molecule has 3 atom stereocenters. The molecule has 0 radical (unpaired) electrons. The van der Waals surface area contributed by atoms with Crippen LogP contribution in [0.25, 0.3) is 0 Å². The number of aromatic nitrogens is 3. The molecular formula is C19H32N4O2. The standard InChI is InChI=1S/C19H32N4O2/c1-13(2)15-8-7-14(3)10-16(15)25-12-19(24)22(4)11-18-21-20-17-6-5-9-23(17)18/h13-16H,5-12H2,1-4H3/t14-,15-,16+/m1/s1. The number of carbonyl (C=O) groups excluding carboxylic acids is 1. The summed E-state index contributed by atoms with van der Waals surface area (Å²) in [6.07, 6.45) is 5.86. The van der Waals surface area contributed by atoms with E-state index in [0.29, 0.717) is 24.3 Å². The van der Waals surface area contributed by atoms with Gasteiger partial charge in [-0.1, -0.05) is 27.2 Å². The number of likely N-dealkylation sites (N-methyl/N-ethyl adjacent to an activating group) is 1. The maximum atomic E-state index is 12.5. The third kappa shape index (κ3) is 4.22. The number of rotatable bonds is 6. The van der Waals surface area contributed by atoms with Crippen LogP contribution < -0.4 is 0 Å². The Hall–Kier alpha value is -1.43. The molecule has 2 heterocycles. The fourth-order valence-corrected chi connectivity index (χ4v) is 4.22. The summed E-state index contributed by atoms with van der Waals surface area (Å²) < 4.78 is 8.23. The van der Waals surface area contributed by atoms with Crippen LogP contribution in [-0.2, 0) is 29.0 Å². The van der Waals surface area contributed by atoms with Gasteiger partial charge in [-0.05, 0) is 37.0 Å². The summed E-state index contributed by atoms with van der Waals surface area (Å²) in [5, 5.41) is 8.44. The first-order valence-corrected chi connectivity index (χ1v) is 9.72. The van der Waals surface area contributed by atoms with Crippen LogP contribution in [0.15, 0.2) is 0 Å². The minimum Gasteiger partial charge on any atom is -0.368 e. The Bertz CT molecular complexity index is 598. The monoisotopic (exact) mass is 348 g/mol. The molecule has 6 nitrogen and oxygen atoms in total. The average Bonchev–Trinajstić information content (AvgIpc) is 3.17. The normalized spacial score (nSPS) is 26.0. The highest BCUT2D eigenvalue weighted by Crippen LogP contribution is 2.35. The number of nitrogens with zero attached hydrogens (tertiary/aromatic N) is 4. The van der Waals surface area contributed by atoms with Gasteiger partial charge in [-0.15, -0.1) is 10.2 Å². The van der Waals surface area contributed by atoms with Crippen molar-refractivity contribution in [3.63, 3.8) is 0 Å². The summed E-state index contributed by atoms with van der Waals surface area (Å²) in [7, 11) is 1.83. The third-order valence-corrected chi connectivity index (χ3v) is 5.87. The smallest absolute Gasteiger partial charge is 0.248 e. The average molecular weight is 348 g/mol. The lowest BCUT2D eigenvalue weighted by molar-refractivity contribution is -0.141. The molecule has 0 spiro atoms. The quantitative estimate of drug-likeness (QED) is 0.793. The van der Waals surface area contributed by atoms with E-state index >= 15 is 0 Å². The van der Waals surface area contributed by atoms with E-state index in [0.717, 1.165) is 37.5 Å². The summed E-state index contributed by atoms with van der Waals surface area (Å²) in [6, 6.07) is 0. The van der Waals surface area contributed by atoms with E-state index < -0.39 is 0 Å². The molecule has 1 saturated carbocycles. The number of fused-ring (bicyclic) bond motifs is 1. The van der Waals surface area contributed by atoms with E-state index in [9.17, 15) is 4.79 Å². The van der Waals surface area contributed by atoms with Crippen LogP contribution in [0.2, 0.25) is 0 Å². The molecule has 1 fully saturated rings. The van der Waals surface area contributed by atoms with Gasteiger partial charge in [0.1, 0.15) is 12.4 Å². The van der Waals surface area contributed by atoms with Crippen LogP contribution in [0.4, 0.5) is 0 Å². The molecule has 1 aliphatic heterocycles. The number of carbonyl (C=O) groups is 1. The maximum absolute atomic E-state index is 12.5. The molecule has 0 N–H and O–H groups in total. The lowest BCUT2D eigenvalue weighted by Crippen LogP contribution is -2.38. The summed E-state index contributed by atoms with van der Waals surface area (Å²) in [5.74, 6) is 3.80. The Morgan fingerprint density at radius 3 is 2.92 bits per heavy atom. The predicted octanol–water partition coefficient (Wildman–Crippen LogP) is 2.66. The van der Waals surface area contributed by atoms with Crippen molar-refractivity contribution in [3.05, 3.63) is 11.6 Å². The second-order valence-electron chi connectivity index (χ2n) is 8.21. The van der Waals surface area contributed by atoms with Crippen molar-refractivity contribution in [2.45, 2.75) is 72.1 Å². The first kappa shape index (κ1) is 18.4. The Kier molecular flexibility index (Phi) is 5.77. The zero-order chi connectivity index (χ0) is 18.0. The van der Waals surface area contributed by atoms with E-state index in [1.807, 2.05) is 7.05 Å². The highest BCUT2D eigenvalue weighted by Gasteiger charge is 2.32. The van der Waals surface area contributed by atoms with E-state index in [2.05, 4.69) is 35.5 Å². The van der Waals surface area contributed by atoms with Gasteiger partial charge >= 0.3 is 0 Å². The van der Waals surface area contributed by atoms with Crippen molar-refractivity contribution in [2.24, 2.45) is 17.8 Å². The molecule has 25 heavy (non-hydrogen) atoms. The van der Waals surface area contributed by atoms with Gasteiger partial charge in [-0.25, -0.2) is 0 Å². The van der Waals surface area contributed by atoms with Crippen molar-refractivity contribution in [1.29, 1.82) is 0 Å². The number of hydrogen-bond donors (Lipinski definition) is 0. The highest BCUT2D eigenvalue weighted by molar-refractivity contribution is 5.77. The Morgan fingerprint density at radius 2 is 2.16 bits per heavy atom. The lowest BCUT2D eigenvalue weighted by Gasteiger charge is -2.37. The minimum absolute atomic E-state index is 0.0241. The molecule has 6 heteroatoms. The molecular weight excluding hydrogens is 316 g/mol. The summed E-state index contributed by atoms with van der Waals surface area (Å²) >= 11 is 0. The highest BCUT2D eigenvalue weighted by atomic mass is 16.5. The van der Waals surface area contributed by atoms with Gasteiger partial charge in [0.2, 0.25) is 5.91 Å². The van der Waals surface area contributed by atoms with Gasteiger partial charge in [0.25, 0.3) is 0 Å². The second-order valence-corrected chi connectivity index (χ2v) is 8.21. The molecule has 3 rings (SSSR count). The molecule has 1 amide bonds. The molecule has 1 aromatic heterocycles. The van der Waals surface area contributed by atoms with Crippen LogP contribution in [0.3, 0.4) is 0 Å². The maximum Gasteiger partial charge on any atom is 0.248 e. The van der Waals surface area contributed by atoms with Crippen molar-refractivity contribution in [2.75, 3.05) is 13.7 Å². The van der Waals surface area contributed by atoms with Gasteiger partial charge in [0.05, 0.1) is 12.6 Å². The van der Waals surface area contributed by atoms with Crippen molar-refractivity contribution >= 4 is 5.91 Å². The molecule has 2 aliphatic rings. The van der Waals surface area contributed by atoms with Gasteiger partial charge in [0.15, 0.2) is 5.82 Å². The van der Waals surface area contributed by atoms with Crippen LogP contribution >= 0.6 is 0 Å². The van der Waals surface area contributed by atoms with Gasteiger partial charge in [-0.2, -0.15) is 0 Å². The number of amides is 1. The van der Waals surface area contributed by atoms with E-state index in [1.54, 1.807) is 4.90 Å². The Balaban J connectivity index is 1.52. The summed E-state index contributed by atoms with van der Waals surface area (Å²) in [4.78, 5) is 14.2. The van der Waals surface area contributed by atoms with Gasteiger partial charge in [0, 0.05) is 20.0 Å². The fourth-order valence-electron chi connectivity index (χ4n) is 4.22. The van der Waals surface area contributed by atoms with Crippen LogP contribution in [0.5, 0.6) is 0 Å². The van der Waals surface area contributed by atoms with E-state index in [1.165, 1.54) is 12.8 Å². The number of ether oxygens (including phenoxy) is 1. The molecule has 0 bridgehead atoms. The van der Waals surface area contributed by atoms with E-state index in [4.69, 9.17) is 4.74 Å². The van der Waals surface area contributed by atoms with Crippen molar-refractivity contribution < 1.29 is 9.53 Å². The van der Waals surface area contributed by atoms with E-state index in [-0.39, 0.29) is 18.6 Å². The second kappa shape index (κ2) is 7.85. The number of aryl methyl sites for hydroxylation is 1. The van der Waals surface area contributed by atoms with Gasteiger partial charge in [-0.3, -0.25) is 4.79 Å². The zero-order valence-corrected chi connectivity index (χ0v) is 16.1.